The molecule has 1 rings (SSSR count). The molecule has 1 aliphatic heterocycles. The first-order chi connectivity index (χ1) is 10.5. The topological polar surface area (TPSA) is 55.8 Å². The number of allylic oxidation sites excluding steroid dienone is 2. The van der Waals surface area contributed by atoms with Gasteiger partial charge in [-0.05, 0) is 25.7 Å². The maximum Gasteiger partial charge on any atom is 0.339 e. The molecule has 1 aliphatic rings. The summed E-state index contributed by atoms with van der Waals surface area (Å²) in [6.07, 6.45) is 13.1. The number of cyclic esters (lactones) is 1. The van der Waals surface area contributed by atoms with Crippen molar-refractivity contribution < 1.29 is 19.4 Å². The minimum atomic E-state index is -1.24. The second-order valence-electron chi connectivity index (χ2n) is 6.01. The Bertz CT molecular complexity index is 389. The Morgan fingerprint density at radius 1 is 1.18 bits per heavy atom. The van der Waals surface area contributed by atoms with Crippen molar-refractivity contribution in [1.82, 2.24) is 0 Å². The lowest BCUT2D eigenvalue weighted by Crippen LogP contribution is -2.38. The maximum absolute atomic E-state index is 11.7. The number of esters is 1. The van der Waals surface area contributed by atoms with E-state index in [0.29, 0.717) is 5.57 Å². The summed E-state index contributed by atoms with van der Waals surface area (Å²) in [7, 11) is 1.43. The van der Waals surface area contributed by atoms with Crippen LogP contribution in [0.4, 0.5) is 0 Å². The summed E-state index contributed by atoms with van der Waals surface area (Å²) in [5, 5.41) is 10.1. The molecule has 4 heteroatoms. The van der Waals surface area contributed by atoms with Crippen molar-refractivity contribution in [3.8, 4) is 0 Å². The molecule has 0 bridgehead atoms. The maximum atomic E-state index is 11.7. The van der Waals surface area contributed by atoms with Gasteiger partial charge in [0.25, 0.3) is 0 Å². The van der Waals surface area contributed by atoms with Crippen LogP contribution in [0.3, 0.4) is 0 Å². The predicted octanol–water partition coefficient (Wildman–Crippen LogP) is 3.89. The summed E-state index contributed by atoms with van der Waals surface area (Å²) in [6, 6.07) is 0. The molecule has 2 atom stereocenters. The van der Waals surface area contributed by atoms with Crippen molar-refractivity contribution in [2.75, 3.05) is 7.11 Å². The average molecular weight is 310 g/mol. The number of methoxy groups -OCH3 is 1. The number of unbranched alkanes of at least 4 members (excludes halogenated alkanes) is 8. The Kier molecular flexibility index (Phi) is 8.43. The fourth-order valence-electron chi connectivity index (χ4n) is 2.62. The Morgan fingerprint density at radius 2 is 1.73 bits per heavy atom. The van der Waals surface area contributed by atoms with Crippen LogP contribution in [0.25, 0.3) is 0 Å². The van der Waals surface area contributed by atoms with E-state index in [1.807, 2.05) is 6.08 Å². The van der Waals surface area contributed by atoms with E-state index in [2.05, 4.69) is 6.58 Å². The van der Waals surface area contributed by atoms with Crippen LogP contribution in [-0.2, 0) is 14.3 Å². The molecule has 0 aromatic carbocycles. The van der Waals surface area contributed by atoms with Crippen molar-refractivity contribution in [3.05, 3.63) is 24.3 Å². The lowest BCUT2D eigenvalue weighted by molar-refractivity contribution is -0.218. The molecule has 0 amide bonds. The molecule has 22 heavy (non-hydrogen) atoms. The van der Waals surface area contributed by atoms with Crippen LogP contribution in [0, 0.1) is 0 Å². The van der Waals surface area contributed by atoms with Gasteiger partial charge in [-0.1, -0.05) is 44.3 Å². The van der Waals surface area contributed by atoms with E-state index in [9.17, 15) is 9.90 Å². The number of ether oxygens (including phenoxy) is 2. The standard InChI is InChI=1S/C18H30O4/c1-4-5-6-7-8-9-10-11-12-13-14-15-16(19)18(2,21-3)22-17(15)20/h4,14,16,19H,1,5-13H2,2-3H3/b15-14+/t16-,18-/m1/s1. The van der Waals surface area contributed by atoms with Crippen molar-refractivity contribution in [1.29, 1.82) is 0 Å². The zero-order chi connectivity index (χ0) is 16.4. The second kappa shape index (κ2) is 9.80. The van der Waals surface area contributed by atoms with E-state index in [1.54, 1.807) is 13.0 Å². The number of hydrogen-bond acceptors (Lipinski definition) is 4. The number of hydrogen-bond donors (Lipinski definition) is 1. The van der Waals surface area contributed by atoms with Gasteiger partial charge in [0.1, 0.15) is 0 Å². The smallest absolute Gasteiger partial charge is 0.339 e. The highest BCUT2D eigenvalue weighted by Crippen LogP contribution is 2.31. The number of rotatable bonds is 11. The van der Waals surface area contributed by atoms with Gasteiger partial charge in [0.2, 0.25) is 5.79 Å². The Labute approximate surface area is 134 Å². The number of carbonyl (C=O) groups is 1. The largest absolute Gasteiger partial charge is 0.427 e. The Morgan fingerprint density at radius 3 is 2.23 bits per heavy atom. The molecule has 0 saturated carbocycles. The molecular formula is C18H30O4. The number of aliphatic hydroxyl groups is 1. The van der Waals surface area contributed by atoms with Crippen LogP contribution >= 0.6 is 0 Å². The van der Waals surface area contributed by atoms with Crippen molar-refractivity contribution in [2.24, 2.45) is 0 Å². The first-order valence-electron chi connectivity index (χ1n) is 8.32. The Hall–Kier alpha value is -1.13. The first-order valence-corrected chi connectivity index (χ1v) is 8.32. The monoisotopic (exact) mass is 310 g/mol. The van der Waals surface area contributed by atoms with Crippen LogP contribution in [0.1, 0.15) is 64.7 Å². The summed E-state index contributed by atoms with van der Waals surface area (Å²) >= 11 is 0. The highest BCUT2D eigenvalue weighted by atomic mass is 16.7. The third-order valence-corrected chi connectivity index (χ3v) is 4.20. The number of carbonyl (C=O) groups excluding carboxylic acids is 1. The molecule has 0 aromatic rings. The van der Waals surface area contributed by atoms with Crippen molar-refractivity contribution >= 4 is 5.97 Å². The van der Waals surface area contributed by atoms with Gasteiger partial charge in [-0.15, -0.1) is 6.58 Å². The third-order valence-electron chi connectivity index (χ3n) is 4.20. The minimum absolute atomic E-state index is 0.328. The fraction of sp³-hybridized carbons (Fsp3) is 0.722. The lowest BCUT2D eigenvalue weighted by Gasteiger charge is -2.23. The lowest BCUT2D eigenvalue weighted by atomic mass is 10.0. The van der Waals surface area contributed by atoms with Gasteiger partial charge in [0.15, 0.2) is 6.10 Å². The molecule has 0 aliphatic carbocycles. The molecule has 4 nitrogen and oxygen atoms in total. The Balaban J connectivity index is 2.16. The van der Waals surface area contributed by atoms with E-state index in [0.717, 1.165) is 25.7 Å². The SMILES string of the molecule is C=CCCCCCCCCC/C=C1/C(=O)O[C@@](C)(OC)[C@@H]1O. The molecule has 0 spiro atoms. The molecule has 1 saturated heterocycles. The molecular weight excluding hydrogens is 280 g/mol. The van der Waals surface area contributed by atoms with Gasteiger partial charge in [-0.25, -0.2) is 4.79 Å². The molecule has 0 unspecified atom stereocenters. The first kappa shape index (κ1) is 18.9. The van der Waals surface area contributed by atoms with Crippen molar-refractivity contribution in [3.63, 3.8) is 0 Å². The predicted molar refractivity (Wildman–Crippen MR) is 87.3 cm³/mol. The fourth-order valence-corrected chi connectivity index (χ4v) is 2.62. The summed E-state index contributed by atoms with van der Waals surface area (Å²) in [4.78, 5) is 11.7. The van der Waals surface area contributed by atoms with Crippen LogP contribution < -0.4 is 0 Å². The summed E-state index contributed by atoms with van der Waals surface area (Å²) in [5.74, 6) is -1.71. The van der Waals surface area contributed by atoms with E-state index in [4.69, 9.17) is 9.47 Å². The normalized spacial score (nSPS) is 26.4. The zero-order valence-electron chi connectivity index (χ0n) is 14.0. The zero-order valence-corrected chi connectivity index (χ0v) is 14.0. The molecule has 0 aromatic heterocycles. The molecule has 126 valence electrons. The highest BCUT2D eigenvalue weighted by Gasteiger charge is 2.48. The van der Waals surface area contributed by atoms with Gasteiger partial charge in [0.05, 0.1) is 5.57 Å². The van der Waals surface area contributed by atoms with Crippen LogP contribution in [0.2, 0.25) is 0 Å². The van der Waals surface area contributed by atoms with Crippen LogP contribution in [-0.4, -0.2) is 30.1 Å². The second-order valence-corrected chi connectivity index (χ2v) is 6.01. The van der Waals surface area contributed by atoms with Gasteiger partial charge in [0, 0.05) is 14.0 Å². The van der Waals surface area contributed by atoms with E-state index < -0.39 is 17.9 Å². The summed E-state index contributed by atoms with van der Waals surface area (Å²) in [6.45, 7) is 5.29. The average Bonchev–Trinajstić information content (AvgIpc) is 2.72. The third kappa shape index (κ3) is 5.58. The molecule has 0 radical (unpaired) electrons. The van der Waals surface area contributed by atoms with Crippen LogP contribution in [0.15, 0.2) is 24.3 Å². The van der Waals surface area contributed by atoms with Crippen molar-refractivity contribution in [2.45, 2.75) is 76.6 Å². The number of aliphatic hydroxyl groups excluding tert-OH is 1. The quantitative estimate of drug-likeness (QED) is 0.272. The van der Waals surface area contributed by atoms with Gasteiger partial charge < -0.3 is 14.6 Å². The van der Waals surface area contributed by atoms with E-state index in [1.165, 1.54) is 39.2 Å². The van der Waals surface area contributed by atoms with E-state index >= 15 is 0 Å². The molecule has 1 heterocycles. The van der Waals surface area contributed by atoms with Crippen LogP contribution in [0.5, 0.6) is 0 Å². The molecule has 1 N–H and O–H groups in total. The molecule has 1 fully saturated rings. The highest BCUT2D eigenvalue weighted by molar-refractivity contribution is 5.92. The van der Waals surface area contributed by atoms with E-state index in [-0.39, 0.29) is 0 Å². The summed E-state index contributed by atoms with van der Waals surface area (Å²) in [5.41, 5.74) is 0.328. The van der Waals surface area contributed by atoms with Gasteiger partial charge >= 0.3 is 5.97 Å². The van der Waals surface area contributed by atoms with Gasteiger partial charge in [-0.3, -0.25) is 0 Å². The minimum Gasteiger partial charge on any atom is -0.427 e. The summed E-state index contributed by atoms with van der Waals surface area (Å²) < 4.78 is 10.1. The van der Waals surface area contributed by atoms with Gasteiger partial charge in [-0.2, -0.15) is 0 Å².